The van der Waals surface area contributed by atoms with Gasteiger partial charge >= 0.3 is 0 Å². The molecule has 0 radical (unpaired) electrons. The SMILES string of the molecule is N#Cc1cc2c(nc1N)NCCSC2=N. The van der Waals surface area contributed by atoms with Crippen molar-refractivity contribution in [1.29, 1.82) is 10.7 Å². The third kappa shape index (κ3) is 1.74. The summed E-state index contributed by atoms with van der Waals surface area (Å²) in [6.45, 7) is 0.748. The molecule has 0 saturated carbocycles. The molecule has 0 atom stereocenters. The van der Waals surface area contributed by atoms with Crippen molar-refractivity contribution in [3.63, 3.8) is 0 Å². The number of fused-ring (bicyclic) bond motifs is 1. The molecule has 15 heavy (non-hydrogen) atoms. The van der Waals surface area contributed by atoms with Gasteiger partial charge in [-0.2, -0.15) is 5.26 Å². The fourth-order valence-corrected chi connectivity index (χ4v) is 2.04. The lowest BCUT2D eigenvalue weighted by Crippen LogP contribution is -2.07. The maximum Gasteiger partial charge on any atom is 0.143 e. The van der Waals surface area contributed by atoms with Crippen LogP contribution in [0.5, 0.6) is 0 Å². The summed E-state index contributed by atoms with van der Waals surface area (Å²) in [5.41, 5.74) is 6.58. The number of hydrogen-bond acceptors (Lipinski definition) is 6. The Morgan fingerprint density at radius 2 is 2.47 bits per heavy atom. The Kier molecular flexibility index (Phi) is 2.47. The molecule has 1 aromatic rings. The lowest BCUT2D eigenvalue weighted by atomic mass is 10.2. The average Bonchev–Trinajstić information content (AvgIpc) is 2.40. The van der Waals surface area contributed by atoms with Crippen LogP contribution >= 0.6 is 11.8 Å². The van der Waals surface area contributed by atoms with Gasteiger partial charge in [-0.1, -0.05) is 0 Å². The Labute approximate surface area is 91.2 Å². The van der Waals surface area contributed by atoms with Crippen molar-refractivity contribution in [1.82, 2.24) is 4.98 Å². The zero-order valence-corrected chi connectivity index (χ0v) is 8.69. The van der Waals surface area contributed by atoms with Crippen molar-refractivity contribution in [2.45, 2.75) is 0 Å². The van der Waals surface area contributed by atoms with Crippen LogP contribution in [0.25, 0.3) is 0 Å². The van der Waals surface area contributed by atoms with Crippen molar-refractivity contribution in [2.75, 3.05) is 23.3 Å². The fraction of sp³-hybridized carbons (Fsp3) is 0.222. The van der Waals surface area contributed by atoms with E-state index in [9.17, 15) is 0 Å². The highest BCUT2D eigenvalue weighted by molar-refractivity contribution is 8.14. The van der Waals surface area contributed by atoms with E-state index in [1.165, 1.54) is 11.8 Å². The quantitative estimate of drug-likeness (QED) is 0.605. The Morgan fingerprint density at radius 1 is 1.67 bits per heavy atom. The summed E-state index contributed by atoms with van der Waals surface area (Å²) < 4.78 is 0. The minimum absolute atomic E-state index is 0.212. The van der Waals surface area contributed by atoms with E-state index in [1.807, 2.05) is 6.07 Å². The van der Waals surface area contributed by atoms with Gasteiger partial charge < -0.3 is 11.1 Å². The summed E-state index contributed by atoms with van der Waals surface area (Å²) in [4.78, 5) is 4.08. The maximum atomic E-state index is 8.81. The van der Waals surface area contributed by atoms with Gasteiger partial charge in [0.15, 0.2) is 0 Å². The van der Waals surface area contributed by atoms with E-state index in [0.29, 0.717) is 22.0 Å². The largest absolute Gasteiger partial charge is 0.383 e. The first-order valence-corrected chi connectivity index (χ1v) is 5.37. The zero-order valence-electron chi connectivity index (χ0n) is 7.87. The van der Waals surface area contributed by atoms with Crippen LogP contribution in [0, 0.1) is 16.7 Å². The van der Waals surface area contributed by atoms with Crippen LogP contribution in [-0.4, -0.2) is 22.3 Å². The molecule has 5 nitrogen and oxygen atoms in total. The first kappa shape index (κ1) is 9.80. The number of nitrogens with two attached hydrogens (primary N) is 1. The van der Waals surface area contributed by atoms with Crippen molar-refractivity contribution >= 4 is 28.4 Å². The van der Waals surface area contributed by atoms with Gasteiger partial charge in [0.05, 0.1) is 10.6 Å². The predicted molar refractivity (Wildman–Crippen MR) is 61.1 cm³/mol. The van der Waals surface area contributed by atoms with Crippen LogP contribution in [-0.2, 0) is 0 Å². The first-order chi connectivity index (χ1) is 7.22. The van der Waals surface area contributed by atoms with E-state index in [-0.39, 0.29) is 5.82 Å². The number of aromatic nitrogens is 1. The van der Waals surface area contributed by atoms with Crippen LogP contribution < -0.4 is 11.1 Å². The zero-order chi connectivity index (χ0) is 10.8. The number of nitrogen functional groups attached to an aromatic ring is 1. The Hall–Kier alpha value is -1.74. The normalized spacial score (nSPS) is 14.7. The molecule has 4 N–H and O–H groups in total. The third-order valence-electron chi connectivity index (χ3n) is 2.06. The molecule has 1 aliphatic heterocycles. The molecule has 1 aromatic heterocycles. The van der Waals surface area contributed by atoms with Gasteiger partial charge in [0.25, 0.3) is 0 Å². The minimum Gasteiger partial charge on any atom is -0.383 e. The lowest BCUT2D eigenvalue weighted by molar-refractivity contribution is 1.17. The van der Waals surface area contributed by atoms with Crippen molar-refractivity contribution in [3.05, 3.63) is 17.2 Å². The molecule has 0 unspecified atom stereocenters. The number of thioether (sulfide) groups is 1. The second-order valence-electron chi connectivity index (χ2n) is 3.03. The van der Waals surface area contributed by atoms with Crippen molar-refractivity contribution < 1.29 is 0 Å². The van der Waals surface area contributed by atoms with Gasteiger partial charge in [-0.15, -0.1) is 11.8 Å². The number of nitriles is 1. The highest BCUT2D eigenvalue weighted by Gasteiger charge is 2.16. The van der Waals surface area contributed by atoms with Gasteiger partial charge in [0.1, 0.15) is 17.7 Å². The topological polar surface area (TPSA) is 98.6 Å². The first-order valence-electron chi connectivity index (χ1n) is 4.38. The Balaban J connectivity index is 2.58. The van der Waals surface area contributed by atoms with Crippen LogP contribution in [0.1, 0.15) is 11.1 Å². The standard InChI is InChI=1S/C9H9N5S/c10-4-5-3-6-8(12)15-2-1-13-9(6)14-7(5)11/h3,12H,1-2H2,(H3,11,13,14). The number of rotatable bonds is 0. The number of nitrogens with zero attached hydrogens (tertiary/aromatic N) is 2. The van der Waals surface area contributed by atoms with E-state index in [2.05, 4.69) is 10.3 Å². The molecule has 0 fully saturated rings. The summed E-state index contributed by atoms with van der Waals surface area (Å²) >= 11 is 1.44. The molecule has 6 heteroatoms. The Morgan fingerprint density at radius 3 is 3.20 bits per heavy atom. The third-order valence-corrected chi connectivity index (χ3v) is 2.97. The predicted octanol–water partition coefficient (Wildman–Crippen LogP) is 1.02. The number of pyridine rings is 1. The molecule has 0 saturated heterocycles. The summed E-state index contributed by atoms with van der Waals surface area (Å²) in [7, 11) is 0. The van der Waals surface area contributed by atoms with Crippen LogP contribution in [0.15, 0.2) is 6.07 Å². The van der Waals surface area contributed by atoms with Crippen molar-refractivity contribution in [2.24, 2.45) is 0 Å². The number of anilines is 2. The van der Waals surface area contributed by atoms with E-state index < -0.39 is 0 Å². The summed E-state index contributed by atoms with van der Waals surface area (Å²) in [6, 6.07) is 3.58. The molecule has 2 heterocycles. The Bertz CT molecular complexity index is 462. The second-order valence-corrected chi connectivity index (χ2v) is 4.14. The molecule has 1 aliphatic rings. The van der Waals surface area contributed by atoms with Gasteiger partial charge in [0, 0.05) is 17.9 Å². The maximum absolute atomic E-state index is 8.81. The monoisotopic (exact) mass is 219 g/mol. The fourth-order valence-electron chi connectivity index (χ4n) is 1.33. The molecule has 0 aromatic carbocycles. The van der Waals surface area contributed by atoms with Crippen LogP contribution in [0.3, 0.4) is 0 Å². The van der Waals surface area contributed by atoms with Gasteiger partial charge in [-0.25, -0.2) is 4.98 Å². The second kappa shape index (κ2) is 3.79. The highest BCUT2D eigenvalue weighted by atomic mass is 32.2. The van der Waals surface area contributed by atoms with E-state index in [4.69, 9.17) is 16.4 Å². The number of hydrogen-bond donors (Lipinski definition) is 3. The van der Waals surface area contributed by atoms with Crippen LogP contribution in [0.2, 0.25) is 0 Å². The summed E-state index contributed by atoms with van der Waals surface area (Å²) in [6.07, 6.45) is 0. The van der Waals surface area contributed by atoms with Gasteiger partial charge in [0.2, 0.25) is 0 Å². The lowest BCUT2D eigenvalue weighted by Gasteiger charge is -2.07. The molecule has 0 spiro atoms. The van der Waals surface area contributed by atoms with Crippen LogP contribution in [0.4, 0.5) is 11.6 Å². The highest BCUT2D eigenvalue weighted by Crippen LogP contribution is 2.25. The van der Waals surface area contributed by atoms with Gasteiger partial charge in [-0.05, 0) is 6.07 Å². The molecule has 2 rings (SSSR count). The molecule has 0 amide bonds. The smallest absolute Gasteiger partial charge is 0.143 e. The number of nitrogens with one attached hydrogen (secondary N) is 2. The molecule has 0 aliphatic carbocycles. The average molecular weight is 219 g/mol. The molecular formula is C9H9N5S. The summed E-state index contributed by atoms with van der Waals surface area (Å²) in [5, 5.41) is 20.1. The minimum atomic E-state index is 0.212. The van der Waals surface area contributed by atoms with Crippen molar-refractivity contribution in [3.8, 4) is 6.07 Å². The molecule has 0 bridgehead atoms. The summed E-state index contributed by atoms with van der Waals surface area (Å²) in [5.74, 6) is 1.63. The van der Waals surface area contributed by atoms with E-state index in [0.717, 1.165) is 12.3 Å². The molecular weight excluding hydrogens is 210 g/mol. The van der Waals surface area contributed by atoms with E-state index >= 15 is 0 Å². The van der Waals surface area contributed by atoms with Gasteiger partial charge in [-0.3, -0.25) is 5.41 Å². The van der Waals surface area contributed by atoms with E-state index in [1.54, 1.807) is 6.07 Å². The molecule has 76 valence electrons.